The SMILES string of the molecule is C/C=C(/S)Cl. The van der Waals surface area contributed by atoms with Crippen LogP contribution in [0.2, 0.25) is 0 Å². The van der Waals surface area contributed by atoms with Crippen molar-refractivity contribution in [3.63, 3.8) is 0 Å². The highest BCUT2D eigenvalue weighted by molar-refractivity contribution is 7.86. The van der Waals surface area contributed by atoms with Crippen molar-refractivity contribution < 1.29 is 0 Å². The molecule has 0 N–H and O–H groups in total. The summed E-state index contributed by atoms with van der Waals surface area (Å²) in [7, 11) is 0. The number of rotatable bonds is 0. The molecule has 0 aliphatic rings. The van der Waals surface area contributed by atoms with Gasteiger partial charge in [-0.1, -0.05) is 17.7 Å². The van der Waals surface area contributed by atoms with E-state index in [2.05, 4.69) is 12.6 Å². The molecule has 0 unspecified atom stereocenters. The van der Waals surface area contributed by atoms with E-state index in [1.165, 1.54) is 0 Å². The number of hydrogen-bond donors (Lipinski definition) is 1. The van der Waals surface area contributed by atoms with E-state index in [4.69, 9.17) is 11.6 Å². The monoisotopic (exact) mass is 108 g/mol. The van der Waals surface area contributed by atoms with E-state index in [0.29, 0.717) is 4.36 Å². The van der Waals surface area contributed by atoms with Crippen LogP contribution in [-0.2, 0) is 0 Å². The summed E-state index contributed by atoms with van der Waals surface area (Å²) in [5.41, 5.74) is 0. The Kier molecular flexibility index (Phi) is 2.81. The molecule has 0 heterocycles. The smallest absolute Gasteiger partial charge is 0.0661 e. The van der Waals surface area contributed by atoms with E-state index in [1.54, 1.807) is 6.08 Å². The Hall–Kier alpha value is 0.380. The zero-order chi connectivity index (χ0) is 4.28. The number of thiol groups is 1. The van der Waals surface area contributed by atoms with Crippen LogP contribution in [0.1, 0.15) is 6.92 Å². The molecule has 0 spiro atoms. The van der Waals surface area contributed by atoms with E-state index >= 15 is 0 Å². The Morgan fingerprint density at radius 3 is 2.20 bits per heavy atom. The molecule has 0 amide bonds. The Balaban J connectivity index is 3.14. The van der Waals surface area contributed by atoms with Crippen molar-refractivity contribution in [2.45, 2.75) is 6.92 Å². The molecule has 0 bridgehead atoms. The fraction of sp³-hybridized carbons (Fsp3) is 0.333. The number of halogens is 1. The highest BCUT2D eigenvalue weighted by Crippen LogP contribution is 2.02. The summed E-state index contributed by atoms with van der Waals surface area (Å²) in [5, 5.41) is 0. The molecule has 0 saturated carbocycles. The summed E-state index contributed by atoms with van der Waals surface area (Å²) in [5.74, 6) is 0. The molecule has 0 aromatic carbocycles. The van der Waals surface area contributed by atoms with Crippen LogP contribution >= 0.6 is 24.2 Å². The summed E-state index contributed by atoms with van der Waals surface area (Å²) in [6, 6.07) is 0. The molecular formula is C3H5ClS. The van der Waals surface area contributed by atoms with Crippen molar-refractivity contribution in [1.29, 1.82) is 0 Å². The molecule has 0 fully saturated rings. The summed E-state index contributed by atoms with van der Waals surface area (Å²) >= 11 is 8.91. The first-order valence-corrected chi connectivity index (χ1v) is 2.10. The third-order valence-electron chi connectivity index (χ3n) is 0.238. The van der Waals surface area contributed by atoms with Gasteiger partial charge in [0.25, 0.3) is 0 Å². The lowest BCUT2D eigenvalue weighted by Gasteiger charge is -1.69. The van der Waals surface area contributed by atoms with Gasteiger partial charge in [0.15, 0.2) is 0 Å². The molecule has 0 aliphatic heterocycles. The van der Waals surface area contributed by atoms with Crippen LogP contribution in [0.25, 0.3) is 0 Å². The Labute approximate surface area is 42.2 Å². The first-order valence-electron chi connectivity index (χ1n) is 1.28. The van der Waals surface area contributed by atoms with E-state index in [-0.39, 0.29) is 0 Å². The summed E-state index contributed by atoms with van der Waals surface area (Å²) in [6.45, 7) is 1.83. The van der Waals surface area contributed by atoms with E-state index in [0.717, 1.165) is 0 Å². The lowest BCUT2D eigenvalue weighted by Crippen LogP contribution is -1.38. The average Bonchev–Trinajstić information content (AvgIpc) is 1.38. The van der Waals surface area contributed by atoms with Gasteiger partial charge in [0.1, 0.15) is 0 Å². The predicted molar refractivity (Wildman–Crippen MR) is 28.6 cm³/mol. The second-order valence-electron chi connectivity index (χ2n) is 0.611. The lowest BCUT2D eigenvalue weighted by atomic mass is 10.8. The highest BCUT2D eigenvalue weighted by Gasteiger charge is 1.65. The van der Waals surface area contributed by atoms with Crippen LogP contribution in [0.5, 0.6) is 0 Å². The molecule has 0 aliphatic carbocycles. The molecule has 0 nitrogen and oxygen atoms in total. The maximum Gasteiger partial charge on any atom is 0.0661 e. The second-order valence-corrected chi connectivity index (χ2v) is 1.76. The average molecular weight is 109 g/mol. The van der Waals surface area contributed by atoms with Gasteiger partial charge in [0.2, 0.25) is 0 Å². The lowest BCUT2D eigenvalue weighted by molar-refractivity contribution is 1.77. The molecule has 5 heavy (non-hydrogen) atoms. The van der Waals surface area contributed by atoms with Gasteiger partial charge in [-0.2, -0.15) is 0 Å². The van der Waals surface area contributed by atoms with Crippen molar-refractivity contribution in [3.05, 3.63) is 10.4 Å². The zero-order valence-electron chi connectivity index (χ0n) is 2.90. The molecule has 30 valence electrons. The molecule has 0 saturated heterocycles. The van der Waals surface area contributed by atoms with Gasteiger partial charge in [0, 0.05) is 0 Å². The Morgan fingerprint density at radius 2 is 2.20 bits per heavy atom. The minimum absolute atomic E-state index is 0.546. The van der Waals surface area contributed by atoms with Crippen LogP contribution in [-0.4, -0.2) is 0 Å². The van der Waals surface area contributed by atoms with Gasteiger partial charge in [0.05, 0.1) is 4.36 Å². The fourth-order valence-electron chi connectivity index (χ4n) is 0. The van der Waals surface area contributed by atoms with Crippen LogP contribution < -0.4 is 0 Å². The minimum atomic E-state index is 0.546. The summed E-state index contributed by atoms with van der Waals surface area (Å²) in [6.07, 6.45) is 1.71. The van der Waals surface area contributed by atoms with E-state index < -0.39 is 0 Å². The zero-order valence-corrected chi connectivity index (χ0v) is 4.55. The van der Waals surface area contributed by atoms with Crippen molar-refractivity contribution in [1.82, 2.24) is 0 Å². The first kappa shape index (κ1) is 5.38. The maximum absolute atomic E-state index is 5.19. The normalized spacial score (nSPS) is 12.2. The molecule has 2 heteroatoms. The quantitative estimate of drug-likeness (QED) is 0.451. The topological polar surface area (TPSA) is 0 Å². The van der Waals surface area contributed by atoms with Crippen LogP contribution in [0.15, 0.2) is 10.4 Å². The molecule has 0 rings (SSSR count). The van der Waals surface area contributed by atoms with Crippen LogP contribution in [0.4, 0.5) is 0 Å². The summed E-state index contributed by atoms with van der Waals surface area (Å²) < 4.78 is 0.546. The van der Waals surface area contributed by atoms with Crippen LogP contribution in [0, 0.1) is 0 Å². The summed E-state index contributed by atoms with van der Waals surface area (Å²) in [4.78, 5) is 0. The molecule has 0 aromatic heterocycles. The highest BCUT2D eigenvalue weighted by atomic mass is 35.5. The van der Waals surface area contributed by atoms with Crippen molar-refractivity contribution in [2.24, 2.45) is 0 Å². The third kappa shape index (κ3) is 4.38. The molecular weight excluding hydrogens is 104 g/mol. The molecule has 0 radical (unpaired) electrons. The van der Waals surface area contributed by atoms with Gasteiger partial charge in [-0.3, -0.25) is 0 Å². The van der Waals surface area contributed by atoms with E-state index in [9.17, 15) is 0 Å². The molecule has 0 aromatic rings. The van der Waals surface area contributed by atoms with E-state index in [1.807, 2.05) is 6.92 Å². The Morgan fingerprint density at radius 1 is 2.00 bits per heavy atom. The fourth-order valence-corrected chi connectivity index (χ4v) is 0. The number of allylic oxidation sites excluding steroid dienone is 1. The van der Waals surface area contributed by atoms with Gasteiger partial charge in [-0.25, -0.2) is 0 Å². The van der Waals surface area contributed by atoms with Gasteiger partial charge in [-0.05, 0) is 6.92 Å². The second kappa shape index (κ2) is 2.61. The number of hydrogen-bond acceptors (Lipinski definition) is 1. The van der Waals surface area contributed by atoms with Crippen molar-refractivity contribution >= 4 is 24.2 Å². The van der Waals surface area contributed by atoms with Gasteiger partial charge in [-0.15, -0.1) is 12.6 Å². The first-order chi connectivity index (χ1) is 2.27. The standard InChI is InChI=1S/C3H5ClS/c1-2-3(4)5/h2,5H,1H3/b3-2+. The van der Waals surface area contributed by atoms with Crippen molar-refractivity contribution in [3.8, 4) is 0 Å². The van der Waals surface area contributed by atoms with Crippen LogP contribution in [0.3, 0.4) is 0 Å². The maximum atomic E-state index is 5.19. The minimum Gasteiger partial charge on any atom is -0.132 e. The Bertz CT molecular complexity index is 44.9. The third-order valence-corrected chi connectivity index (χ3v) is 0.715. The molecule has 0 atom stereocenters. The predicted octanol–water partition coefficient (Wildman–Crippen LogP) is 2.02. The van der Waals surface area contributed by atoms with Gasteiger partial charge >= 0.3 is 0 Å². The largest absolute Gasteiger partial charge is 0.132 e. The van der Waals surface area contributed by atoms with Crippen molar-refractivity contribution in [2.75, 3.05) is 0 Å². The van der Waals surface area contributed by atoms with Gasteiger partial charge < -0.3 is 0 Å².